The van der Waals surface area contributed by atoms with Crippen LogP contribution in [0.5, 0.6) is 0 Å². The summed E-state index contributed by atoms with van der Waals surface area (Å²) >= 11 is 0. The highest BCUT2D eigenvalue weighted by atomic mass is 15.2. The second-order valence-corrected chi connectivity index (χ2v) is 16.1. The van der Waals surface area contributed by atoms with Gasteiger partial charge >= 0.3 is 0 Å². The molecule has 9 aromatic carbocycles. The van der Waals surface area contributed by atoms with Crippen molar-refractivity contribution in [1.82, 2.24) is 28.7 Å². The second-order valence-electron chi connectivity index (χ2n) is 16.1. The van der Waals surface area contributed by atoms with E-state index in [-0.39, 0.29) is 0 Å². The van der Waals surface area contributed by atoms with E-state index in [4.69, 9.17) is 15.0 Å². The molecule has 0 aliphatic heterocycles. The van der Waals surface area contributed by atoms with Crippen LogP contribution in [0.25, 0.3) is 117 Å². The second kappa shape index (κ2) is 14.0. The number of hydrogen-bond donors (Lipinski definition) is 0. The Bertz CT molecular complexity index is 3830. The Balaban J connectivity index is 0.990. The smallest absolute Gasteiger partial charge is 0.238 e. The summed E-state index contributed by atoms with van der Waals surface area (Å²) in [5.74, 6) is 1.79. The number of para-hydroxylation sites is 5. The predicted molar refractivity (Wildman–Crippen MR) is 259 cm³/mol. The van der Waals surface area contributed by atoms with Crippen molar-refractivity contribution in [2.45, 2.75) is 0 Å². The van der Waals surface area contributed by atoms with E-state index in [1.165, 1.54) is 32.6 Å². The first-order chi connectivity index (χ1) is 31.2. The molecular weight excluding hydrogens is 769 g/mol. The minimum absolute atomic E-state index is 0.573. The Labute approximate surface area is 362 Å². The Morgan fingerprint density at radius 2 is 0.603 bits per heavy atom. The topological polar surface area (TPSA) is 53.5 Å². The van der Waals surface area contributed by atoms with Crippen LogP contribution in [0.4, 0.5) is 0 Å². The van der Waals surface area contributed by atoms with Gasteiger partial charge in [0.1, 0.15) is 0 Å². The van der Waals surface area contributed by atoms with Crippen molar-refractivity contribution >= 4 is 65.4 Å². The van der Waals surface area contributed by atoms with Crippen molar-refractivity contribution in [1.29, 1.82) is 0 Å². The molecule has 6 nitrogen and oxygen atoms in total. The molecule has 0 bridgehead atoms. The van der Waals surface area contributed by atoms with Gasteiger partial charge < -0.3 is 9.13 Å². The normalized spacial score (nSPS) is 11.8. The van der Waals surface area contributed by atoms with Crippen LogP contribution in [0.1, 0.15) is 0 Å². The van der Waals surface area contributed by atoms with E-state index in [0.29, 0.717) is 17.6 Å². The molecule has 294 valence electrons. The third-order valence-electron chi connectivity index (χ3n) is 12.5. The van der Waals surface area contributed by atoms with Crippen LogP contribution in [0, 0.1) is 0 Å². The highest BCUT2D eigenvalue weighted by Crippen LogP contribution is 2.40. The van der Waals surface area contributed by atoms with Crippen LogP contribution in [-0.2, 0) is 0 Å². The van der Waals surface area contributed by atoms with Gasteiger partial charge in [0.05, 0.1) is 33.1 Å². The molecular formula is C57H36N6. The molecule has 0 saturated heterocycles. The van der Waals surface area contributed by atoms with Crippen molar-refractivity contribution in [2.75, 3.05) is 0 Å². The quantitative estimate of drug-likeness (QED) is 0.168. The third-order valence-corrected chi connectivity index (χ3v) is 12.5. The van der Waals surface area contributed by atoms with E-state index in [1.807, 2.05) is 6.07 Å². The standard InChI is InChI=1S/C57H36N6/c1-3-15-37(16-4-1)38-27-29-39(30-28-38)55-58-56(60-57(59-55)63-51-25-13-7-19-43(51)44-20-8-14-26-52(44)63)40-31-33-42(34-32-40)62-50-24-12-10-22-46(50)48-35-47-45-21-9-11-23-49(45)61(53(47)36-54(48)62)41-17-5-2-6-18-41/h1-36H. The van der Waals surface area contributed by atoms with Gasteiger partial charge in [-0.15, -0.1) is 0 Å². The van der Waals surface area contributed by atoms with Gasteiger partial charge in [0, 0.05) is 54.8 Å². The number of nitrogens with zero attached hydrogens (tertiary/aromatic N) is 6. The largest absolute Gasteiger partial charge is 0.309 e. The van der Waals surface area contributed by atoms with Gasteiger partial charge in [-0.1, -0.05) is 146 Å². The van der Waals surface area contributed by atoms with Gasteiger partial charge in [-0.3, -0.25) is 4.57 Å². The lowest BCUT2D eigenvalue weighted by Crippen LogP contribution is -2.06. The summed E-state index contributed by atoms with van der Waals surface area (Å²) in [6.45, 7) is 0. The zero-order valence-electron chi connectivity index (χ0n) is 34.0. The lowest BCUT2D eigenvalue weighted by molar-refractivity contribution is 0.953. The van der Waals surface area contributed by atoms with E-state index >= 15 is 0 Å². The average Bonchev–Trinajstić information content (AvgIpc) is 3.99. The summed E-state index contributed by atoms with van der Waals surface area (Å²) in [5.41, 5.74) is 13.1. The van der Waals surface area contributed by atoms with Gasteiger partial charge in [0.25, 0.3) is 0 Å². The maximum atomic E-state index is 5.25. The molecule has 4 heterocycles. The molecule has 0 fully saturated rings. The zero-order chi connectivity index (χ0) is 41.4. The summed E-state index contributed by atoms with van der Waals surface area (Å²) in [5, 5.41) is 7.21. The monoisotopic (exact) mass is 804 g/mol. The Hall–Kier alpha value is -8.61. The van der Waals surface area contributed by atoms with Crippen molar-refractivity contribution in [3.05, 3.63) is 218 Å². The van der Waals surface area contributed by atoms with Crippen LogP contribution < -0.4 is 0 Å². The molecule has 0 amide bonds. The molecule has 0 atom stereocenters. The fourth-order valence-corrected chi connectivity index (χ4v) is 9.63. The SMILES string of the molecule is c1ccc(-c2ccc(-c3nc(-c4ccc(-n5c6ccccc6c6cc7c8ccccc8n(-c8ccccc8)c7cc65)cc4)nc(-n4c5ccccc5c5ccccc54)n3)cc2)cc1. The highest BCUT2D eigenvalue weighted by molar-refractivity contribution is 6.19. The van der Waals surface area contributed by atoms with Crippen molar-refractivity contribution in [3.63, 3.8) is 0 Å². The summed E-state index contributed by atoms with van der Waals surface area (Å²) in [7, 11) is 0. The van der Waals surface area contributed by atoms with Crippen LogP contribution >= 0.6 is 0 Å². The Kier molecular flexibility index (Phi) is 7.80. The number of rotatable bonds is 6. The van der Waals surface area contributed by atoms with E-state index in [2.05, 4.69) is 226 Å². The molecule has 4 aromatic heterocycles. The molecule has 0 saturated carbocycles. The fourth-order valence-electron chi connectivity index (χ4n) is 9.63. The molecule has 0 N–H and O–H groups in total. The van der Waals surface area contributed by atoms with E-state index < -0.39 is 0 Å². The minimum atomic E-state index is 0.573. The third kappa shape index (κ3) is 5.55. The van der Waals surface area contributed by atoms with Gasteiger partial charge in [0.2, 0.25) is 5.95 Å². The molecule has 13 rings (SSSR count). The molecule has 0 unspecified atom stereocenters. The fraction of sp³-hybridized carbons (Fsp3) is 0. The van der Waals surface area contributed by atoms with Gasteiger partial charge in [0.15, 0.2) is 11.6 Å². The van der Waals surface area contributed by atoms with E-state index in [0.717, 1.165) is 66.5 Å². The molecule has 13 aromatic rings. The van der Waals surface area contributed by atoms with Crippen molar-refractivity contribution in [2.24, 2.45) is 0 Å². The number of fused-ring (bicyclic) bond motifs is 9. The molecule has 0 spiro atoms. The number of benzene rings is 9. The zero-order valence-corrected chi connectivity index (χ0v) is 34.0. The first kappa shape index (κ1) is 35.2. The first-order valence-corrected chi connectivity index (χ1v) is 21.3. The molecule has 63 heavy (non-hydrogen) atoms. The summed E-state index contributed by atoms with van der Waals surface area (Å²) in [4.78, 5) is 15.6. The van der Waals surface area contributed by atoms with Gasteiger partial charge in [-0.2, -0.15) is 9.97 Å². The predicted octanol–water partition coefficient (Wildman–Crippen LogP) is 14.2. The Morgan fingerprint density at radius 1 is 0.238 bits per heavy atom. The van der Waals surface area contributed by atoms with Crippen LogP contribution in [0.3, 0.4) is 0 Å². The number of hydrogen-bond acceptors (Lipinski definition) is 3. The maximum Gasteiger partial charge on any atom is 0.238 e. The van der Waals surface area contributed by atoms with Crippen molar-refractivity contribution in [3.8, 4) is 51.2 Å². The van der Waals surface area contributed by atoms with E-state index in [9.17, 15) is 0 Å². The lowest BCUT2D eigenvalue weighted by Gasteiger charge is -2.12. The minimum Gasteiger partial charge on any atom is -0.309 e. The maximum absolute atomic E-state index is 5.25. The molecule has 6 heteroatoms. The molecule has 0 aliphatic carbocycles. The van der Waals surface area contributed by atoms with Gasteiger partial charge in [-0.25, -0.2) is 4.98 Å². The molecule has 0 radical (unpaired) electrons. The number of aromatic nitrogens is 6. The van der Waals surface area contributed by atoms with Crippen molar-refractivity contribution < 1.29 is 0 Å². The summed E-state index contributed by atoms with van der Waals surface area (Å²) in [6, 6.07) is 77.4. The van der Waals surface area contributed by atoms with Crippen LogP contribution in [0.2, 0.25) is 0 Å². The first-order valence-electron chi connectivity index (χ1n) is 21.3. The average molecular weight is 805 g/mol. The Morgan fingerprint density at radius 3 is 1.11 bits per heavy atom. The van der Waals surface area contributed by atoms with Crippen LogP contribution in [0.15, 0.2) is 218 Å². The summed E-state index contributed by atoms with van der Waals surface area (Å²) < 4.78 is 6.94. The summed E-state index contributed by atoms with van der Waals surface area (Å²) in [6.07, 6.45) is 0. The van der Waals surface area contributed by atoms with Gasteiger partial charge in [-0.05, 0) is 83.9 Å². The van der Waals surface area contributed by atoms with Crippen LogP contribution in [-0.4, -0.2) is 28.7 Å². The highest BCUT2D eigenvalue weighted by Gasteiger charge is 2.20. The van der Waals surface area contributed by atoms with E-state index in [1.54, 1.807) is 0 Å². The lowest BCUT2D eigenvalue weighted by atomic mass is 10.0. The molecule has 0 aliphatic rings.